The summed E-state index contributed by atoms with van der Waals surface area (Å²) in [6, 6.07) is 0.588. The van der Waals surface area contributed by atoms with Gasteiger partial charge in [-0.2, -0.15) is 4.99 Å². The third-order valence-electron chi connectivity index (χ3n) is 5.87. The molecule has 1 heterocycles. The Morgan fingerprint density at radius 2 is 2.21 bits per heavy atom. The topological polar surface area (TPSA) is 41.5 Å². The molecule has 4 aliphatic rings. The fraction of sp³-hybridized carbons (Fsp3) is 0.867. The van der Waals surface area contributed by atoms with Crippen molar-refractivity contribution >= 4 is 22.8 Å². The molecule has 0 saturated heterocycles. The highest BCUT2D eigenvalue weighted by Crippen LogP contribution is 2.51. The van der Waals surface area contributed by atoms with Crippen LogP contribution in [0.3, 0.4) is 0 Å². The molecule has 0 radical (unpaired) electrons. The lowest BCUT2D eigenvalue weighted by Crippen LogP contribution is -2.38. The molecule has 2 bridgehead atoms. The molecule has 19 heavy (non-hydrogen) atoms. The average Bonchev–Trinajstić information content (AvgIpc) is 3.10. The highest BCUT2D eigenvalue weighted by atomic mass is 32.2. The first-order valence-corrected chi connectivity index (χ1v) is 8.58. The number of nitrogens with one attached hydrogen (secondary N) is 1. The Morgan fingerprint density at radius 3 is 2.84 bits per heavy atom. The number of hydrogen-bond acceptors (Lipinski definition) is 3. The van der Waals surface area contributed by atoms with E-state index in [9.17, 15) is 4.79 Å². The lowest BCUT2D eigenvalue weighted by Gasteiger charge is -2.26. The highest BCUT2D eigenvalue weighted by Gasteiger charge is 2.52. The Morgan fingerprint density at radius 1 is 1.32 bits per heavy atom. The molecule has 2 unspecified atom stereocenters. The predicted octanol–water partition coefficient (Wildman–Crippen LogP) is 2.95. The van der Waals surface area contributed by atoms with Crippen LogP contribution in [0.4, 0.5) is 0 Å². The van der Waals surface area contributed by atoms with Crippen LogP contribution in [0.5, 0.6) is 0 Å². The zero-order valence-corrected chi connectivity index (χ0v) is 12.3. The van der Waals surface area contributed by atoms with Gasteiger partial charge >= 0.3 is 0 Å². The van der Waals surface area contributed by atoms with Crippen LogP contribution in [-0.4, -0.2) is 21.9 Å². The number of thioether (sulfide) groups is 1. The second kappa shape index (κ2) is 4.24. The zero-order valence-electron chi connectivity index (χ0n) is 11.5. The van der Waals surface area contributed by atoms with E-state index >= 15 is 0 Å². The monoisotopic (exact) mass is 278 g/mol. The van der Waals surface area contributed by atoms with Crippen LogP contribution >= 0.6 is 11.8 Å². The summed E-state index contributed by atoms with van der Waals surface area (Å²) in [5.74, 6) is 2.38. The molecule has 3 nitrogen and oxygen atoms in total. The molecule has 1 amide bonds. The SMILES string of the molecule is CC1CCCC12SC(N[C@H]1C[C@H]3CC[C@H]1C3)=NC2=O. The second-order valence-corrected chi connectivity index (χ2v) is 8.25. The van der Waals surface area contributed by atoms with Gasteiger partial charge in [0.15, 0.2) is 5.17 Å². The summed E-state index contributed by atoms with van der Waals surface area (Å²) < 4.78 is -0.208. The molecule has 5 atom stereocenters. The van der Waals surface area contributed by atoms with Gasteiger partial charge < -0.3 is 5.32 Å². The molecule has 1 spiro atoms. The molecule has 0 aromatic heterocycles. The van der Waals surface area contributed by atoms with Gasteiger partial charge in [-0.3, -0.25) is 4.79 Å². The molecular formula is C15H22N2OS. The first kappa shape index (κ1) is 12.2. The van der Waals surface area contributed by atoms with Crippen molar-refractivity contribution in [3.8, 4) is 0 Å². The van der Waals surface area contributed by atoms with Crippen molar-refractivity contribution in [2.45, 2.75) is 62.7 Å². The molecule has 1 aliphatic heterocycles. The Labute approximate surface area is 119 Å². The third-order valence-corrected chi connectivity index (χ3v) is 7.42. The largest absolute Gasteiger partial charge is 0.361 e. The van der Waals surface area contributed by atoms with Gasteiger partial charge in [-0.1, -0.05) is 31.5 Å². The van der Waals surface area contributed by atoms with Crippen LogP contribution in [-0.2, 0) is 4.79 Å². The zero-order chi connectivity index (χ0) is 13.0. The molecule has 3 fully saturated rings. The molecule has 104 valence electrons. The van der Waals surface area contributed by atoms with Gasteiger partial charge in [0.1, 0.15) is 4.75 Å². The summed E-state index contributed by atoms with van der Waals surface area (Å²) in [5.41, 5.74) is 0. The lowest BCUT2D eigenvalue weighted by molar-refractivity contribution is -0.120. The number of nitrogens with zero attached hydrogens (tertiary/aromatic N) is 1. The number of carbonyl (C=O) groups is 1. The summed E-state index contributed by atoms with van der Waals surface area (Å²) in [4.78, 5) is 16.7. The highest BCUT2D eigenvalue weighted by molar-refractivity contribution is 8.16. The maximum atomic E-state index is 12.3. The van der Waals surface area contributed by atoms with Crippen molar-refractivity contribution in [2.24, 2.45) is 22.7 Å². The number of hydrogen-bond donors (Lipinski definition) is 1. The molecular weight excluding hydrogens is 256 g/mol. The number of aliphatic imine (C=N–C) groups is 1. The van der Waals surface area contributed by atoms with E-state index < -0.39 is 0 Å². The standard InChI is InChI=1S/C15H22N2OS/c1-9-3-2-6-15(9)13(18)17-14(19-15)16-12-8-10-4-5-11(12)7-10/h9-12H,2-8H2,1H3,(H,16,17,18)/t9?,10-,11-,12-,15?/m0/s1. The van der Waals surface area contributed by atoms with E-state index in [0.717, 1.165) is 23.4 Å². The van der Waals surface area contributed by atoms with E-state index in [1.807, 2.05) is 0 Å². The van der Waals surface area contributed by atoms with E-state index in [-0.39, 0.29) is 10.7 Å². The van der Waals surface area contributed by atoms with E-state index in [2.05, 4.69) is 17.2 Å². The number of amides is 1. The van der Waals surface area contributed by atoms with Gasteiger partial charge in [0.2, 0.25) is 0 Å². The Hall–Kier alpha value is -0.510. The first-order valence-electron chi connectivity index (χ1n) is 7.76. The second-order valence-electron chi connectivity index (χ2n) is 6.93. The van der Waals surface area contributed by atoms with Gasteiger partial charge in [0, 0.05) is 6.04 Å². The predicted molar refractivity (Wildman–Crippen MR) is 78.2 cm³/mol. The van der Waals surface area contributed by atoms with Crippen molar-refractivity contribution in [3.05, 3.63) is 0 Å². The third kappa shape index (κ3) is 1.78. The van der Waals surface area contributed by atoms with E-state index in [1.165, 1.54) is 38.5 Å². The van der Waals surface area contributed by atoms with Gasteiger partial charge in [0.25, 0.3) is 5.91 Å². The fourth-order valence-corrected chi connectivity index (χ4v) is 6.07. The minimum absolute atomic E-state index is 0.133. The minimum Gasteiger partial charge on any atom is -0.361 e. The maximum Gasteiger partial charge on any atom is 0.265 e. The van der Waals surface area contributed by atoms with Gasteiger partial charge in [-0.15, -0.1) is 0 Å². The van der Waals surface area contributed by atoms with Crippen molar-refractivity contribution in [1.29, 1.82) is 0 Å². The summed E-state index contributed by atoms with van der Waals surface area (Å²) in [7, 11) is 0. The van der Waals surface area contributed by atoms with Crippen LogP contribution in [0.25, 0.3) is 0 Å². The van der Waals surface area contributed by atoms with Crippen LogP contribution in [0.1, 0.15) is 51.9 Å². The van der Waals surface area contributed by atoms with Crippen LogP contribution in [0.2, 0.25) is 0 Å². The summed E-state index contributed by atoms with van der Waals surface area (Å²) >= 11 is 1.74. The molecule has 4 heteroatoms. The van der Waals surface area contributed by atoms with Crippen LogP contribution in [0, 0.1) is 17.8 Å². The Balaban J connectivity index is 1.46. The molecule has 3 saturated carbocycles. The molecule has 0 aromatic rings. The van der Waals surface area contributed by atoms with Gasteiger partial charge in [-0.25, -0.2) is 0 Å². The first-order chi connectivity index (χ1) is 9.17. The lowest BCUT2D eigenvalue weighted by atomic mass is 9.96. The number of rotatable bonds is 1. The summed E-state index contributed by atoms with van der Waals surface area (Å²) in [6.07, 6.45) is 8.85. The minimum atomic E-state index is -0.208. The summed E-state index contributed by atoms with van der Waals surface area (Å²) in [5, 5.41) is 4.53. The molecule has 4 rings (SSSR count). The van der Waals surface area contributed by atoms with Crippen molar-refractivity contribution in [2.75, 3.05) is 0 Å². The van der Waals surface area contributed by atoms with E-state index in [1.54, 1.807) is 11.8 Å². The maximum absolute atomic E-state index is 12.3. The smallest absolute Gasteiger partial charge is 0.265 e. The van der Waals surface area contributed by atoms with Crippen LogP contribution < -0.4 is 5.32 Å². The fourth-order valence-electron chi connectivity index (χ4n) is 4.69. The quantitative estimate of drug-likeness (QED) is 0.802. The Bertz CT molecular complexity index is 449. The molecule has 0 aromatic carbocycles. The van der Waals surface area contributed by atoms with Gasteiger partial charge in [0.05, 0.1) is 0 Å². The van der Waals surface area contributed by atoms with E-state index in [4.69, 9.17) is 0 Å². The molecule has 1 N–H and O–H groups in total. The van der Waals surface area contributed by atoms with E-state index in [0.29, 0.717) is 12.0 Å². The Kier molecular flexibility index (Phi) is 2.73. The molecule has 3 aliphatic carbocycles. The number of carbonyl (C=O) groups excluding carboxylic acids is 1. The van der Waals surface area contributed by atoms with Crippen molar-refractivity contribution < 1.29 is 4.79 Å². The normalized spacial score (nSPS) is 48.3. The average molecular weight is 278 g/mol. The van der Waals surface area contributed by atoms with Gasteiger partial charge in [-0.05, 0) is 49.9 Å². The number of amidine groups is 1. The van der Waals surface area contributed by atoms with Crippen LogP contribution in [0.15, 0.2) is 4.99 Å². The summed E-state index contributed by atoms with van der Waals surface area (Å²) in [6.45, 7) is 2.22. The van der Waals surface area contributed by atoms with Crippen molar-refractivity contribution in [3.63, 3.8) is 0 Å². The number of fused-ring (bicyclic) bond motifs is 2. The van der Waals surface area contributed by atoms with Crippen molar-refractivity contribution in [1.82, 2.24) is 5.32 Å².